The average molecular weight is 319 g/mol. The summed E-state index contributed by atoms with van der Waals surface area (Å²) >= 11 is 0. The molecule has 6 nitrogen and oxygen atoms in total. The second kappa shape index (κ2) is 4.65. The molecule has 4 rings (SSSR count). The summed E-state index contributed by atoms with van der Waals surface area (Å²) in [6.45, 7) is 1.76. The monoisotopic (exact) mass is 319 g/mol. The number of nitrogens with zero attached hydrogens (tertiary/aromatic N) is 3. The van der Waals surface area contributed by atoms with Gasteiger partial charge in [-0.15, -0.1) is 0 Å². The van der Waals surface area contributed by atoms with Gasteiger partial charge in [0.1, 0.15) is 0 Å². The molecule has 2 heterocycles. The van der Waals surface area contributed by atoms with Crippen molar-refractivity contribution in [3.05, 3.63) is 42.0 Å². The van der Waals surface area contributed by atoms with Crippen LogP contribution < -0.4 is 4.90 Å². The Hall–Kier alpha value is -3.20. The van der Waals surface area contributed by atoms with Gasteiger partial charge in [-0.1, -0.05) is 24.3 Å². The van der Waals surface area contributed by atoms with Crippen LogP contribution in [0.2, 0.25) is 0 Å². The zero-order chi connectivity index (χ0) is 17.1. The lowest BCUT2D eigenvalue weighted by Crippen LogP contribution is -2.47. The highest BCUT2D eigenvalue weighted by molar-refractivity contribution is 6.33. The highest BCUT2D eigenvalue weighted by Crippen LogP contribution is 2.40. The number of hydrogen-bond acceptors (Lipinski definition) is 4. The zero-order valence-corrected chi connectivity index (χ0v) is 12.9. The summed E-state index contributed by atoms with van der Waals surface area (Å²) in [5, 5.41) is 10.6. The molecule has 2 saturated heterocycles. The molecule has 6 heteroatoms. The van der Waals surface area contributed by atoms with Crippen molar-refractivity contribution in [3.8, 4) is 6.07 Å². The highest BCUT2D eigenvalue weighted by atomic mass is 16.2. The number of hydrogen-bond donors (Lipinski definition) is 0. The number of benzene rings is 2. The van der Waals surface area contributed by atoms with Crippen molar-refractivity contribution in [2.75, 3.05) is 11.4 Å². The van der Waals surface area contributed by atoms with Gasteiger partial charge < -0.3 is 4.90 Å². The fourth-order valence-electron chi connectivity index (χ4n) is 3.57. The fraction of sp³-hybridized carbons (Fsp3) is 0.222. The molecule has 0 spiro atoms. The molecule has 0 unspecified atom stereocenters. The molecule has 0 saturated carbocycles. The summed E-state index contributed by atoms with van der Waals surface area (Å²) in [7, 11) is 0. The summed E-state index contributed by atoms with van der Waals surface area (Å²) in [6.07, 6.45) is 0.204. The molecule has 2 aliphatic rings. The van der Waals surface area contributed by atoms with Crippen LogP contribution in [0.25, 0.3) is 10.8 Å². The van der Waals surface area contributed by atoms with E-state index in [1.807, 2.05) is 0 Å². The van der Waals surface area contributed by atoms with Crippen LogP contribution in [0.1, 0.15) is 18.9 Å². The molecule has 0 bridgehead atoms. The maximum atomic E-state index is 12.9. The summed E-state index contributed by atoms with van der Waals surface area (Å²) in [5.74, 6) is -0.758. The molecule has 0 N–H and O–H groups in total. The molecule has 0 radical (unpaired) electrons. The van der Waals surface area contributed by atoms with Crippen LogP contribution in [0.4, 0.5) is 10.5 Å². The van der Waals surface area contributed by atoms with Gasteiger partial charge in [0.05, 0.1) is 17.3 Å². The minimum atomic E-state index is -1.41. The third-order valence-corrected chi connectivity index (χ3v) is 4.95. The van der Waals surface area contributed by atoms with E-state index in [-0.39, 0.29) is 18.7 Å². The van der Waals surface area contributed by atoms with E-state index in [2.05, 4.69) is 6.07 Å². The lowest BCUT2D eigenvalue weighted by Gasteiger charge is -2.20. The first-order valence-electron chi connectivity index (χ1n) is 7.61. The van der Waals surface area contributed by atoms with Crippen molar-refractivity contribution in [2.24, 2.45) is 0 Å². The Balaban J connectivity index is 1.94. The van der Waals surface area contributed by atoms with E-state index in [0.29, 0.717) is 22.0 Å². The molecular weight excluding hydrogens is 306 g/mol. The van der Waals surface area contributed by atoms with Crippen LogP contribution in [0, 0.1) is 11.3 Å². The number of rotatable bonds is 1. The smallest absolute Gasteiger partial charge is 0.302 e. The van der Waals surface area contributed by atoms with Crippen LogP contribution in [0.15, 0.2) is 36.4 Å². The number of Topliss-reactive ketones (excluding diaryl/α,β-unsaturated/α-hetero) is 1. The second-order valence-corrected chi connectivity index (χ2v) is 6.11. The summed E-state index contributed by atoms with van der Waals surface area (Å²) in [6, 6.07) is 11.9. The SMILES string of the molecule is C[C@@]12C(=O)CCN1C(=O)N(c1ccc(C#N)c3ccccc13)C2=O. The molecule has 2 fully saturated rings. The quantitative estimate of drug-likeness (QED) is 0.596. The Kier molecular flexibility index (Phi) is 2.79. The Morgan fingerprint density at radius 3 is 2.46 bits per heavy atom. The average Bonchev–Trinajstić information content (AvgIpc) is 3.00. The molecule has 0 aromatic heterocycles. The number of anilines is 1. The standard InChI is InChI=1S/C18H13N3O3/c1-18-15(22)8-9-20(18)17(24)21(16(18)23)14-7-6-11(10-19)12-4-2-3-5-13(12)14/h2-7H,8-9H2,1H3/t18-/m0/s1. The molecule has 2 aliphatic heterocycles. The second-order valence-electron chi connectivity index (χ2n) is 6.11. The van der Waals surface area contributed by atoms with Crippen molar-refractivity contribution in [1.82, 2.24) is 4.90 Å². The number of carbonyl (C=O) groups excluding carboxylic acids is 3. The molecule has 24 heavy (non-hydrogen) atoms. The highest BCUT2D eigenvalue weighted by Gasteiger charge is 2.62. The number of ketones is 1. The van der Waals surface area contributed by atoms with Crippen molar-refractivity contribution >= 4 is 34.2 Å². The number of carbonyl (C=O) groups is 3. The molecule has 118 valence electrons. The lowest BCUT2D eigenvalue weighted by atomic mass is 9.97. The Morgan fingerprint density at radius 1 is 1.08 bits per heavy atom. The molecule has 2 aromatic carbocycles. The third kappa shape index (κ3) is 1.56. The van der Waals surface area contributed by atoms with E-state index in [9.17, 15) is 19.6 Å². The predicted octanol–water partition coefficient (Wildman–Crippen LogP) is 2.21. The van der Waals surface area contributed by atoms with Crippen molar-refractivity contribution < 1.29 is 14.4 Å². The number of nitriles is 1. The Labute approximate surface area is 137 Å². The lowest BCUT2D eigenvalue weighted by molar-refractivity contribution is -0.133. The first kappa shape index (κ1) is 14.4. The van der Waals surface area contributed by atoms with Gasteiger partial charge in [0.15, 0.2) is 11.3 Å². The number of imide groups is 1. The third-order valence-electron chi connectivity index (χ3n) is 4.95. The molecule has 2 aromatic rings. The van der Waals surface area contributed by atoms with Crippen molar-refractivity contribution in [2.45, 2.75) is 18.9 Å². The van der Waals surface area contributed by atoms with Crippen molar-refractivity contribution in [1.29, 1.82) is 5.26 Å². The van der Waals surface area contributed by atoms with Crippen molar-refractivity contribution in [3.63, 3.8) is 0 Å². The van der Waals surface area contributed by atoms with Gasteiger partial charge in [-0.3, -0.25) is 9.59 Å². The van der Waals surface area contributed by atoms with E-state index < -0.39 is 17.5 Å². The molecule has 3 amide bonds. The summed E-state index contributed by atoms with van der Waals surface area (Å²) < 4.78 is 0. The van der Waals surface area contributed by atoms with E-state index in [4.69, 9.17) is 0 Å². The van der Waals surface area contributed by atoms with Gasteiger partial charge in [-0.05, 0) is 19.1 Å². The van der Waals surface area contributed by atoms with E-state index in [1.54, 1.807) is 36.4 Å². The van der Waals surface area contributed by atoms with E-state index in [1.165, 1.54) is 11.8 Å². The van der Waals surface area contributed by atoms with Crippen LogP contribution >= 0.6 is 0 Å². The molecular formula is C18H13N3O3. The minimum absolute atomic E-state index is 0.204. The first-order valence-corrected chi connectivity index (χ1v) is 7.61. The van der Waals surface area contributed by atoms with Gasteiger partial charge in [-0.2, -0.15) is 5.26 Å². The van der Waals surface area contributed by atoms with Crippen LogP contribution in [0.3, 0.4) is 0 Å². The number of fused-ring (bicyclic) bond motifs is 2. The zero-order valence-electron chi connectivity index (χ0n) is 12.9. The van der Waals surface area contributed by atoms with Gasteiger partial charge in [0.25, 0.3) is 5.91 Å². The molecule has 1 atom stereocenters. The fourth-order valence-corrected chi connectivity index (χ4v) is 3.57. The summed E-state index contributed by atoms with van der Waals surface area (Å²) in [4.78, 5) is 40.3. The normalized spacial score (nSPS) is 23.1. The molecule has 0 aliphatic carbocycles. The maximum Gasteiger partial charge on any atom is 0.332 e. The van der Waals surface area contributed by atoms with Crippen LogP contribution in [-0.2, 0) is 9.59 Å². The first-order chi connectivity index (χ1) is 11.5. The van der Waals surface area contributed by atoms with Crippen LogP contribution in [-0.4, -0.2) is 34.7 Å². The van der Waals surface area contributed by atoms with E-state index in [0.717, 1.165) is 4.90 Å². The number of amides is 3. The summed E-state index contributed by atoms with van der Waals surface area (Å²) in [5.41, 5.74) is -0.536. The Morgan fingerprint density at radius 2 is 1.79 bits per heavy atom. The predicted molar refractivity (Wildman–Crippen MR) is 86.3 cm³/mol. The Bertz CT molecular complexity index is 975. The van der Waals surface area contributed by atoms with Gasteiger partial charge in [-0.25, -0.2) is 9.69 Å². The number of urea groups is 1. The van der Waals surface area contributed by atoms with E-state index >= 15 is 0 Å². The minimum Gasteiger partial charge on any atom is -0.302 e. The maximum absolute atomic E-state index is 12.9. The van der Waals surface area contributed by atoms with Gasteiger partial charge >= 0.3 is 6.03 Å². The largest absolute Gasteiger partial charge is 0.332 e. The topological polar surface area (TPSA) is 81.5 Å². The van der Waals surface area contributed by atoms with Gasteiger partial charge in [0, 0.05) is 23.7 Å². The van der Waals surface area contributed by atoms with Crippen LogP contribution in [0.5, 0.6) is 0 Å². The van der Waals surface area contributed by atoms with Gasteiger partial charge in [0.2, 0.25) is 0 Å².